The molecule has 3 nitrogen and oxygen atoms in total. The first-order valence-electron chi connectivity index (χ1n) is 5.64. The zero-order valence-corrected chi connectivity index (χ0v) is 9.77. The van der Waals surface area contributed by atoms with Gasteiger partial charge in [-0.3, -0.25) is 10.1 Å². The van der Waals surface area contributed by atoms with Gasteiger partial charge in [0.05, 0.1) is 6.54 Å². The van der Waals surface area contributed by atoms with Crippen LogP contribution in [0.25, 0.3) is 0 Å². The van der Waals surface area contributed by atoms with Crippen LogP contribution in [0.2, 0.25) is 0 Å². The van der Waals surface area contributed by atoms with Crippen molar-refractivity contribution < 1.29 is 18.0 Å². The summed E-state index contributed by atoms with van der Waals surface area (Å²) < 4.78 is 38.9. The molecule has 1 unspecified atom stereocenters. The van der Waals surface area contributed by atoms with Crippen LogP contribution in [0.1, 0.15) is 24.1 Å². The highest BCUT2D eigenvalue weighted by atomic mass is 19.4. The van der Waals surface area contributed by atoms with Crippen molar-refractivity contribution in [1.82, 2.24) is 5.32 Å². The van der Waals surface area contributed by atoms with E-state index in [2.05, 4.69) is 10.6 Å². The number of carbonyl (C=O) groups excluding carboxylic acids is 1. The summed E-state index contributed by atoms with van der Waals surface area (Å²) in [5.74, 6) is -0.466. The highest BCUT2D eigenvalue weighted by Crippen LogP contribution is 2.37. The average molecular weight is 258 g/mol. The lowest BCUT2D eigenvalue weighted by Gasteiger charge is -2.21. The second-order valence-corrected chi connectivity index (χ2v) is 4.18. The van der Waals surface area contributed by atoms with Crippen molar-refractivity contribution in [3.05, 3.63) is 29.3 Å². The van der Waals surface area contributed by atoms with Crippen LogP contribution in [0.5, 0.6) is 0 Å². The Bertz CT molecular complexity index is 471. The number of carbonyl (C=O) groups is 1. The van der Waals surface area contributed by atoms with Crippen molar-refractivity contribution in [3.63, 3.8) is 0 Å². The quantitative estimate of drug-likeness (QED) is 0.812. The lowest BCUT2D eigenvalue weighted by atomic mass is 10.0. The van der Waals surface area contributed by atoms with E-state index in [9.17, 15) is 18.0 Å². The summed E-state index contributed by atoms with van der Waals surface area (Å²) in [4.78, 5) is 11.3. The largest absolute Gasteiger partial charge is 0.407 e. The Morgan fingerprint density at radius 2 is 2.11 bits per heavy atom. The number of hydrogen-bond donors (Lipinski definition) is 2. The fourth-order valence-electron chi connectivity index (χ4n) is 1.98. The minimum Gasteiger partial charge on any atom is -0.325 e. The van der Waals surface area contributed by atoms with E-state index in [1.807, 2.05) is 6.92 Å². The molecule has 2 N–H and O–H groups in total. The predicted octanol–water partition coefficient (Wildman–Crippen LogP) is 2.39. The van der Waals surface area contributed by atoms with Crippen LogP contribution >= 0.6 is 0 Å². The molecule has 1 aliphatic heterocycles. The number of nitrogens with one attached hydrogen (secondary N) is 2. The molecular formula is C12H13F3N2O. The zero-order valence-electron chi connectivity index (χ0n) is 9.77. The van der Waals surface area contributed by atoms with E-state index < -0.39 is 18.1 Å². The van der Waals surface area contributed by atoms with Gasteiger partial charge in [0.25, 0.3) is 0 Å². The van der Waals surface area contributed by atoms with Crippen LogP contribution in [-0.4, -0.2) is 18.6 Å². The SMILES string of the molecule is CCc1ccc2c(c1)C(C(F)(F)F)NCC(=O)N2. The molecule has 0 aliphatic carbocycles. The van der Waals surface area contributed by atoms with Crippen molar-refractivity contribution in [2.45, 2.75) is 25.6 Å². The summed E-state index contributed by atoms with van der Waals surface area (Å²) in [6.07, 6.45) is -3.78. The molecule has 0 radical (unpaired) electrons. The minimum absolute atomic E-state index is 0.0766. The first-order chi connectivity index (χ1) is 8.41. The number of alkyl halides is 3. The molecule has 6 heteroatoms. The molecule has 1 atom stereocenters. The average Bonchev–Trinajstić information content (AvgIpc) is 2.45. The van der Waals surface area contributed by atoms with Crippen LogP contribution < -0.4 is 10.6 Å². The molecule has 0 bridgehead atoms. The maximum absolute atomic E-state index is 13.0. The van der Waals surface area contributed by atoms with Gasteiger partial charge in [-0.1, -0.05) is 19.1 Å². The number of rotatable bonds is 1. The molecular weight excluding hydrogens is 245 g/mol. The molecule has 0 fully saturated rings. The number of anilines is 1. The Hall–Kier alpha value is -1.56. The molecule has 1 heterocycles. The summed E-state index contributed by atoms with van der Waals surface area (Å²) in [5.41, 5.74) is 1.11. The Morgan fingerprint density at radius 3 is 2.72 bits per heavy atom. The second-order valence-electron chi connectivity index (χ2n) is 4.18. The summed E-state index contributed by atoms with van der Waals surface area (Å²) in [7, 11) is 0. The molecule has 18 heavy (non-hydrogen) atoms. The third kappa shape index (κ3) is 2.48. The maximum Gasteiger partial charge on any atom is 0.407 e. The van der Waals surface area contributed by atoms with Gasteiger partial charge in [0.2, 0.25) is 5.91 Å². The number of hydrogen-bond acceptors (Lipinski definition) is 2. The van der Waals surface area contributed by atoms with Crippen molar-refractivity contribution in [2.75, 3.05) is 11.9 Å². The fourth-order valence-corrected chi connectivity index (χ4v) is 1.98. The first-order valence-corrected chi connectivity index (χ1v) is 5.64. The van der Waals surface area contributed by atoms with E-state index in [1.165, 1.54) is 12.1 Å². The number of fused-ring (bicyclic) bond motifs is 1. The molecule has 1 amide bonds. The third-order valence-corrected chi connectivity index (χ3v) is 2.90. The van der Waals surface area contributed by atoms with Crippen molar-refractivity contribution in [3.8, 4) is 0 Å². The highest BCUT2D eigenvalue weighted by molar-refractivity contribution is 5.94. The first kappa shape index (κ1) is 12.9. The molecule has 1 aromatic rings. The Labute approximate surface area is 102 Å². The summed E-state index contributed by atoms with van der Waals surface area (Å²) in [6.45, 7) is 1.52. The van der Waals surface area contributed by atoms with Gasteiger partial charge in [-0.05, 0) is 18.1 Å². The summed E-state index contributed by atoms with van der Waals surface area (Å²) in [6, 6.07) is 2.93. The van der Waals surface area contributed by atoms with E-state index in [0.29, 0.717) is 6.42 Å². The van der Waals surface area contributed by atoms with Gasteiger partial charge >= 0.3 is 6.18 Å². The van der Waals surface area contributed by atoms with Crippen LogP contribution in [-0.2, 0) is 11.2 Å². The van der Waals surface area contributed by atoms with Gasteiger partial charge in [-0.2, -0.15) is 13.2 Å². The smallest absolute Gasteiger partial charge is 0.325 e. The normalized spacial score (nSPS) is 20.0. The van der Waals surface area contributed by atoms with Gasteiger partial charge in [0.15, 0.2) is 0 Å². The van der Waals surface area contributed by atoms with Crippen LogP contribution in [0.15, 0.2) is 18.2 Å². The Balaban J connectivity index is 2.51. The van der Waals surface area contributed by atoms with Crippen LogP contribution in [0.4, 0.5) is 18.9 Å². The Kier molecular flexibility index (Phi) is 3.30. The van der Waals surface area contributed by atoms with Crippen LogP contribution in [0, 0.1) is 0 Å². The molecule has 0 saturated carbocycles. The van der Waals surface area contributed by atoms with Crippen LogP contribution in [0.3, 0.4) is 0 Å². The molecule has 1 aromatic carbocycles. The zero-order chi connectivity index (χ0) is 13.3. The number of aryl methyl sites for hydroxylation is 1. The van der Waals surface area contributed by atoms with Crippen molar-refractivity contribution in [1.29, 1.82) is 0 Å². The predicted molar refractivity (Wildman–Crippen MR) is 61.2 cm³/mol. The van der Waals surface area contributed by atoms with Crippen molar-refractivity contribution >= 4 is 11.6 Å². The van der Waals surface area contributed by atoms with E-state index in [-0.39, 0.29) is 17.8 Å². The van der Waals surface area contributed by atoms with Gasteiger partial charge in [0, 0.05) is 11.3 Å². The number of halogens is 3. The topological polar surface area (TPSA) is 41.1 Å². The lowest BCUT2D eigenvalue weighted by molar-refractivity contribution is -0.157. The minimum atomic E-state index is -4.42. The molecule has 0 spiro atoms. The van der Waals surface area contributed by atoms with Gasteiger partial charge < -0.3 is 5.32 Å². The molecule has 2 rings (SSSR count). The van der Waals surface area contributed by atoms with Gasteiger partial charge in [-0.15, -0.1) is 0 Å². The molecule has 0 aromatic heterocycles. The summed E-state index contributed by atoms with van der Waals surface area (Å²) >= 11 is 0. The van der Waals surface area contributed by atoms with Crippen molar-refractivity contribution in [2.24, 2.45) is 0 Å². The highest BCUT2D eigenvalue weighted by Gasteiger charge is 2.43. The second kappa shape index (κ2) is 4.61. The molecule has 0 saturated heterocycles. The third-order valence-electron chi connectivity index (χ3n) is 2.90. The van der Waals surface area contributed by atoms with E-state index >= 15 is 0 Å². The van der Waals surface area contributed by atoms with E-state index in [0.717, 1.165) is 5.56 Å². The number of benzene rings is 1. The van der Waals surface area contributed by atoms with Gasteiger partial charge in [-0.25, -0.2) is 0 Å². The van der Waals surface area contributed by atoms with E-state index in [4.69, 9.17) is 0 Å². The molecule has 98 valence electrons. The standard InChI is InChI=1S/C12H13F3N2O/c1-2-7-3-4-9-8(5-7)11(12(13,14)15)16-6-10(18)17-9/h3-5,11,16H,2,6H2,1H3,(H,17,18). The maximum atomic E-state index is 13.0. The Morgan fingerprint density at radius 1 is 1.39 bits per heavy atom. The van der Waals surface area contributed by atoms with Gasteiger partial charge in [0.1, 0.15) is 6.04 Å². The monoisotopic (exact) mass is 258 g/mol. The lowest BCUT2D eigenvalue weighted by Crippen LogP contribution is -2.36. The number of amides is 1. The van der Waals surface area contributed by atoms with E-state index in [1.54, 1.807) is 6.07 Å². The summed E-state index contributed by atoms with van der Waals surface area (Å²) in [5, 5.41) is 4.72. The fraction of sp³-hybridized carbons (Fsp3) is 0.417. The molecule has 1 aliphatic rings.